The van der Waals surface area contributed by atoms with Crippen molar-refractivity contribution in [3.05, 3.63) is 30.1 Å². The van der Waals surface area contributed by atoms with Crippen molar-refractivity contribution < 1.29 is 18.0 Å². The van der Waals surface area contributed by atoms with Gasteiger partial charge in [0.05, 0.1) is 11.1 Å². The zero-order chi connectivity index (χ0) is 23.0. The quantitative estimate of drug-likeness (QED) is 0.737. The molecule has 1 saturated carbocycles. The van der Waals surface area contributed by atoms with Crippen molar-refractivity contribution in [2.24, 2.45) is 0 Å². The van der Waals surface area contributed by atoms with E-state index in [0.717, 1.165) is 37.8 Å². The lowest BCUT2D eigenvalue weighted by molar-refractivity contribution is -0.137. The Kier molecular flexibility index (Phi) is 6.29. The Labute approximate surface area is 186 Å². The first kappa shape index (κ1) is 22.8. The third kappa shape index (κ3) is 4.53. The van der Waals surface area contributed by atoms with E-state index in [0.29, 0.717) is 30.6 Å². The highest BCUT2D eigenvalue weighted by Crippen LogP contribution is 2.34. The van der Waals surface area contributed by atoms with E-state index in [1.165, 1.54) is 12.4 Å². The highest BCUT2D eigenvalue weighted by molar-refractivity contribution is 5.93. The Bertz CT molecular complexity index is 972. The van der Waals surface area contributed by atoms with E-state index in [1.54, 1.807) is 0 Å². The number of halogens is 3. The van der Waals surface area contributed by atoms with Gasteiger partial charge in [0.2, 0.25) is 5.91 Å². The van der Waals surface area contributed by atoms with E-state index < -0.39 is 17.8 Å². The summed E-state index contributed by atoms with van der Waals surface area (Å²) in [4.78, 5) is 25.7. The molecule has 1 atom stereocenters. The zero-order valence-corrected chi connectivity index (χ0v) is 18.7. The number of carbonyl (C=O) groups is 1. The number of nitrogens with zero attached hydrogens (tertiary/aromatic N) is 4. The van der Waals surface area contributed by atoms with Gasteiger partial charge in [-0.05, 0) is 71.2 Å². The van der Waals surface area contributed by atoms with E-state index in [9.17, 15) is 18.0 Å². The lowest BCUT2D eigenvalue weighted by atomic mass is 9.89. The van der Waals surface area contributed by atoms with Gasteiger partial charge in [-0.2, -0.15) is 13.2 Å². The van der Waals surface area contributed by atoms with Crippen LogP contribution in [0.4, 0.5) is 19.0 Å². The lowest BCUT2D eigenvalue weighted by Crippen LogP contribution is -2.46. The number of aromatic nitrogens is 2. The Balaban J connectivity index is 1.45. The van der Waals surface area contributed by atoms with Gasteiger partial charge in [0.15, 0.2) is 0 Å². The average molecular weight is 450 g/mol. The molecule has 2 heterocycles. The van der Waals surface area contributed by atoms with Crippen LogP contribution in [-0.4, -0.2) is 63.4 Å². The van der Waals surface area contributed by atoms with Crippen LogP contribution < -0.4 is 5.32 Å². The SMILES string of the molecule is CC(C)N(C)C1CCC(N2CC[C@H](Nc3ncnc4ccc(C(F)(F)F)cc34)C2=O)CC1. The van der Waals surface area contributed by atoms with Gasteiger partial charge in [0.25, 0.3) is 0 Å². The third-order valence-corrected chi connectivity index (χ3v) is 7.01. The van der Waals surface area contributed by atoms with E-state index in [1.807, 2.05) is 4.90 Å². The molecule has 174 valence electrons. The number of amides is 1. The Morgan fingerprint density at radius 2 is 1.84 bits per heavy atom. The van der Waals surface area contributed by atoms with Crippen molar-refractivity contribution >= 4 is 22.6 Å². The minimum Gasteiger partial charge on any atom is -0.358 e. The maximum Gasteiger partial charge on any atom is 0.416 e. The highest BCUT2D eigenvalue weighted by atomic mass is 19.4. The van der Waals surface area contributed by atoms with Crippen LogP contribution in [0, 0.1) is 0 Å². The van der Waals surface area contributed by atoms with Gasteiger partial charge in [0, 0.05) is 30.1 Å². The number of anilines is 1. The Morgan fingerprint density at radius 1 is 1.12 bits per heavy atom. The average Bonchev–Trinajstić information content (AvgIpc) is 3.12. The van der Waals surface area contributed by atoms with Crippen LogP contribution in [0.5, 0.6) is 0 Å². The molecule has 2 fully saturated rings. The van der Waals surface area contributed by atoms with Crippen molar-refractivity contribution in [2.75, 3.05) is 18.9 Å². The molecule has 6 nitrogen and oxygen atoms in total. The fourth-order valence-corrected chi connectivity index (χ4v) is 4.91. The molecule has 4 rings (SSSR count). The summed E-state index contributed by atoms with van der Waals surface area (Å²) in [6.45, 7) is 5.05. The van der Waals surface area contributed by atoms with Crippen molar-refractivity contribution in [3.63, 3.8) is 0 Å². The number of carbonyl (C=O) groups excluding carboxylic acids is 1. The molecular formula is C23H30F3N5O. The topological polar surface area (TPSA) is 61.4 Å². The summed E-state index contributed by atoms with van der Waals surface area (Å²) < 4.78 is 39.5. The maximum atomic E-state index is 13.2. The largest absolute Gasteiger partial charge is 0.416 e. The Morgan fingerprint density at radius 3 is 2.50 bits per heavy atom. The number of rotatable bonds is 5. The standard InChI is InChI=1S/C23H30F3N5O/c1-14(2)30(3)16-5-7-17(8-6-16)31-11-10-20(22(31)32)29-21-18-12-15(23(24,25)26)4-9-19(18)27-13-28-21/h4,9,12-14,16-17,20H,5-8,10-11H2,1-3H3,(H,27,28,29)/t16?,17?,20-/m0/s1. The van der Waals surface area contributed by atoms with Gasteiger partial charge in [-0.1, -0.05) is 0 Å². The maximum absolute atomic E-state index is 13.2. The highest BCUT2D eigenvalue weighted by Gasteiger charge is 2.38. The third-order valence-electron chi connectivity index (χ3n) is 7.01. The van der Waals surface area contributed by atoms with Gasteiger partial charge >= 0.3 is 6.18 Å². The fourth-order valence-electron chi connectivity index (χ4n) is 4.91. The second kappa shape index (κ2) is 8.84. The first-order valence-corrected chi connectivity index (χ1v) is 11.3. The van der Waals surface area contributed by atoms with E-state index >= 15 is 0 Å². The monoisotopic (exact) mass is 449 g/mol. The molecule has 1 aliphatic carbocycles. The number of fused-ring (bicyclic) bond motifs is 1. The van der Waals surface area contributed by atoms with Crippen molar-refractivity contribution in [1.82, 2.24) is 19.8 Å². The summed E-state index contributed by atoms with van der Waals surface area (Å²) in [5, 5.41) is 3.37. The van der Waals surface area contributed by atoms with Crippen molar-refractivity contribution in [2.45, 2.75) is 76.3 Å². The summed E-state index contributed by atoms with van der Waals surface area (Å²) >= 11 is 0. The molecular weight excluding hydrogens is 419 g/mol. The van der Waals surface area contributed by atoms with E-state index in [2.05, 4.69) is 41.1 Å². The molecule has 1 amide bonds. The zero-order valence-electron chi connectivity index (χ0n) is 18.7. The van der Waals surface area contributed by atoms with Crippen LogP contribution in [0.25, 0.3) is 10.9 Å². The number of hydrogen-bond acceptors (Lipinski definition) is 5. The second-order valence-corrected chi connectivity index (χ2v) is 9.19. The van der Waals surface area contributed by atoms with Gasteiger partial charge in [-0.15, -0.1) is 0 Å². The molecule has 1 N–H and O–H groups in total. The van der Waals surface area contributed by atoms with Crippen LogP contribution in [0.15, 0.2) is 24.5 Å². The molecule has 1 aliphatic heterocycles. The molecule has 2 aromatic rings. The van der Waals surface area contributed by atoms with Crippen LogP contribution in [0.2, 0.25) is 0 Å². The molecule has 2 aliphatic rings. The predicted molar refractivity (Wildman–Crippen MR) is 117 cm³/mol. The number of alkyl halides is 3. The summed E-state index contributed by atoms with van der Waals surface area (Å²) in [5.41, 5.74) is -0.351. The van der Waals surface area contributed by atoms with Crippen LogP contribution in [0.3, 0.4) is 0 Å². The molecule has 0 radical (unpaired) electrons. The fraction of sp³-hybridized carbons (Fsp3) is 0.609. The van der Waals surface area contributed by atoms with Crippen molar-refractivity contribution in [1.29, 1.82) is 0 Å². The van der Waals surface area contributed by atoms with E-state index in [4.69, 9.17) is 0 Å². The van der Waals surface area contributed by atoms with Crippen LogP contribution in [0.1, 0.15) is 51.5 Å². The van der Waals surface area contributed by atoms with Gasteiger partial charge in [-0.25, -0.2) is 9.97 Å². The van der Waals surface area contributed by atoms with Crippen LogP contribution in [-0.2, 0) is 11.0 Å². The first-order chi connectivity index (χ1) is 15.1. The lowest BCUT2D eigenvalue weighted by Gasteiger charge is -2.39. The molecule has 1 aromatic carbocycles. The number of benzene rings is 1. The smallest absolute Gasteiger partial charge is 0.358 e. The van der Waals surface area contributed by atoms with E-state index in [-0.39, 0.29) is 23.2 Å². The normalized spacial score (nSPS) is 24.7. The van der Waals surface area contributed by atoms with Gasteiger partial charge in [0.1, 0.15) is 18.2 Å². The van der Waals surface area contributed by atoms with Gasteiger partial charge < -0.3 is 15.1 Å². The summed E-state index contributed by atoms with van der Waals surface area (Å²) in [7, 11) is 2.16. The number of nitrogens with one attached hydrogen (secondary N) is 1. The summed E-state index contributed by atoms with van der Waals surface area (Å²) in [6, 6.07) is 4.17. The first-order valence-electron chi connectivity index (χ1n) is 11.3. The van der Waals surface area contributed by atoms with Gasteiger partial charge in [-0.3, -0.25) is 4.79 Å². The molecule has 0 unspecified atom stereocenters. The number of likely N-dealkylation sites (tertiary alicyclic amines) is 1. The molecule has 1 aromatic heterocycles. The Hall–Kier alpha value is -2.42. The second-order valence-electron chi connectivity index (χ2n) is 9.19. The minimum atomic E-state index is -4.45. The molecule has 32 heavy (non-hydrogen) atoms. The molecule has 0 bridgehead atoms. The number of hydrogen-bond donors (Lipinski definition) is 1. The summed E-state index contributed by atoms with van der Waals surface area (Å²) in [6.07, 6.45) is 1.55. The summed E-state index contributed by atoms with van der Waals surface area (Å²) in [5.74, 6) is 0.271. The van der Waals surface area contributed by atoms with Crippen molar-refractivity contribution in [3.8, 4) is 0 Å². The van der Waals surface area contributed by atoms with Crippen LogP contribution >= 0.6 is 0 Å². The molecule has 9 heteroatoms. The predicted octanol–water partition coefficient (Wildman–Crippen LogP) is 4.31. The molecule has 1 saturated heterocycles. The minimum absolute atomic E-state index is 0.00408. The molecule has 0 spiro atoms.